The largest absolute Gasteiger partial charge is 0.490 e. The molecule has 7 heteroatoms. The van der Waals surface area contributed by atoms with Gasteiger partial charge < -0.3 is 9.72 Å². The molecule has 0 amide bonds. The minimum atomic E-state index is 0.349. The van der Waals surface area contributed by atoms with Gasteiger partial charge in [-0.05, 0) is 79.6 Å². The van der Waals surface area contributed by atoms with E-state index in [1.165, 1.54) is 18.4 Å². The fourth-order valence-electron chi connectivity index (χ4n) is 3.88. The summed E-state index contributed by atoms with van der Waals surface area (Å²) in [5, 5.41) is 13.8. The van der Waals surface area contributed by atoms with Crippen LogP contribution in [0.25, 0.3) is 22.1 Å². The molecule has 0 saturated heterocycles. The van der Waals surface area contributed by atoms with Crippen molar-refractivity contribution >= 4 is 34.2 Å². The molecule has 30 heavy (non-hydrogen) atoms. The Bertz CT molecular complexity index is 1190. The summed E-state index contributed by atoms with van der Waals surface area (Å²) in [4.78, 5) is 7.79. The van der Waals surface area contributed by atoms with Gasteiger partial charge in [0, 0.05) is 10.9 Å². The Kier molecular flexibility index (Phi) is 5.01. The summed E-state index contributed by atoms with van der Waals surface area (Å²) in [6.45, 7) is 2.14. The van der Waals surface area contributed by atoms with Gasteiger partial charge in [-0.3, -0.25) is 0 Å². The number of fused-ring (bicyclic) bond motifs is 3. The van der Waals surface area contributed by atoms with E-state index < -0.39 is 0 Å². The first-order valence-electron chi connectivity index (χ1n) is 10.5. The second kappa shape index (κ2) is 8.10. The molecule has 0 aliphatic heterocycles. The van der Waals surface area contributed by atoms with Crippen LogP contribution in [0.1, 0.15) is 43.7 Å². The molecule has 5 rings (SSSR count). The van der Waals surface area contributed by atoms with E-state index in [4.69, 9.17) is 4.74 Å². The zero-order chi connectivity index (χ0) is 20.3. The molecule has 4 aromatic rings. The van der Waals surface area contributed by atoms with Crippen molar-refractivity contribution in [3.8, 4) is 5.75 Å². The van der Waals surface area contributed by atoms with Crippen LogP contribution in [0.3, 0.4) is 0 Å². The van der Waals surface area contributed by atoms with E-state index in [0.717, 1.165) is 47.0 Å². The second-order valence-electron chi connectivity index (χ2n) is 7.65. The first kappa shape index (κ1) is 18.5. The van der Waals surface area contributed by atoms with E-state index in [1.807, 2.05) is 24.3 Å². The zero-order valence-electron chi connectivity index (χ0n) is 16.9. The highest BCUT2D eigenvalue weighted by Gasteiger charge is 2.16. The van der Waals surface area contributed by atoms with Crippen LogP contribution in [0.4, 0.5) is 5.95 Å². The molecule has 2 aromatic heterocycles. The number of anilines is 1. The first-order valence-corrected chi connectivity index (χ1v) is 10.5. The van der Waals surface area contributed by atoms with Gasteiger partial charge in [-0.2, -0.15) is 10.1 Å². The Morgan fingerprint density at radius 3 is 2.77 bits per heavy atom. The highest BCUT2D eigenvalue weighted by molar-refractivity contribution is 6.03. The molecule has 0 bridgehead atoms. The number of hydrazone groups is 1. The van der Waals surface area contributed by atoms with Crippen molar-refractivity contribution in [3.05, 3.63) is 53.6 Å². The molecule has 0 unspecified atom stereocenters. The van der Waals surface area contributed by atoms with Crippen LogP contribution in [0.2, 0.25) is 0 Å². The number of H-pyrrole nitrogens is 1. The fraction of sp³-hybridized carbons (Fsp3) is 0.304. The van der Waals surface area contributed by atoms with Crippen LogP contribution in [0.15, 0.2) is 47.6 Å². The molecule has 1 aliphatic carbocycles. The van der Waals surface area contributed by atoms with Crippen LogP contribution in [0.5, 0.6) is 5.75 Å². The number of nitrogens with one attached hydrogen (secondary N) is 2. The number of benzene rings is 2. The zero-order valence-corrected chi connectivity index (χ0v) is 16.9. The van der Waals surface area contributed by atoms with E-state index in [0.29, 0.717) is 17.7 Å². The molecule has 1 fully saturated rings. The lowest BCUT2D eigenvalue weighted by molar-refractivity contribution is 0.210. The number of rotatable bonds is 6. The summed E-state index contributed by atoms with van der Waals surface area (Å²) in [5.74, 6) is 1.26. The predicted octanol–water partition coefficient (Wildman–Crippen LogP) is 4.84. The van der Waals surface area contributed by atoms with Gasteiger partial charge in [-0.15, -0.1) is 10.2 Å². The molecular weight excluding hydrogens is 376 g/mol. The Labute approximate surface area is 174 Å². The molecule has 1 saturated carbocycles. The maximum Gasteiger partial charge on any atom is 0.265 e. The smallest absolute Gasteiger partial charge is 0.265 e. The van der Waals surface area contributed by atoms with Crippen molar-refractivity contribution in [2.24, 2.45) is 5.10 Å². The van der Waals surface area contributed by atoms with Gasteiger partial charge in [0.15, 0.2) is 5.65 Å². The average Bonchev–Trinajstić information content (AvgIpc) is 3.41. The third-order valence-corrected chi connectivity index (χ3v) is 5.55. The van der Waals surface area contributed by atoms with Gasteiger partial charge in [-0.1, -0.05) is 13.0 Å². The molecule has 7 nitrogen and oxygen atoms in total. The van der Waals surface area contributed by atoms with Gasteiger partial charge in [0.25, 0.3) is 5.95 Å². The summed E-state index contributed by atoms with van der Waals surface area (Å²) in [5.41, 5.74) is 7.55. The van der Waals surface area contributed by atoms with Crippen molar-refractivity contribution in [1.82, 2.24) is 20.2 Å². The number of hydrogen-bond donors (Lipinski definition) is 2. The highest BCUT2D eigenvalue weighted by Crippen LogP contribution is 2.25. The molecule has 0 spiro atoms. The van der Waals surface area contributed by atoms with Gasteiger partial charge in [-0.25, -0.2) is 5.43 Å². The van der Waals surface area contributed by atoms with E-state index in [2.05, 4.69) is 55.8 Å². The van der Waals surface area contributed by atoms with Gasteiger partial charge in [0.2, 0.25) is 0 Å². The Morgan fingerprint density at radius 2 is 1.97 bits per heavy atom. The van der Waals surface area contributed by atoms with Crippen molar-refractivity contribution in [2.45, 2.75) is 45.1 Å². The predicted molar refractivity (Wildman–Crippen MR) is 119 cm³/mol. The normalized spacial score (nSPS) is 14.8. The number of aromatic nitrogens is 4. The van der Waals surface area contributed by atoms with Gasteiger partial charge in [0.05, 0.1) is 12.3 Å². The van der Waals surface area contributed by atoms with Crippen LogP contribution in [-0.2, 0) is 6.42 Å². The lowest BCUT2D eigenvalue weighted by Crippen LogP contribution is -2.10. The van der Waals surface area contributed by atoms with Crippen LogP contribution in [-0.4, -0.2) is 32.5 Å². The standard InChI is InChI=1S/C23H24N6O/c1-2-15-9-12-20-19(13-15)21-22(25-20)26-23(29-27-21)28-24-14-16-7-10-18(11-8-16)30-17-5-3-4-6-17/h7-14,17H,2-6H2,1H3,(H2,25,26,28,29)/b24-14-. The summed E-state index contributed by atoms with van der Waals surface area (Å²) in [6.07, 6.45) is 7.91. The quantitative estimate of drug-likeness (QED) is 0.357. The molecule has 2 N–H and O–H groups in total. The number of aryl methyl sites for hydroxylation is 1. The number of nitrogens with zero attached hydrogens (tertiary/aromatic N) is 4. The third kappa shape index (κ3) is 3.83. The minimum Gasteiger partial charge on any atom is -0.490 e. The molecule has 152 valence electrons. The van der Waals surface area contributed by atoms with Crippen LogP contribution < -0.4 is 10.2 Å². The molecule has 2 aromatic carbocycles. The fourth-order valence-corrected chi connectivity index (χ4v) is 3.88. The van der Waals surface area contributed by atoms with E-state index in [-0.39, 0.29) is 0 Å². The Hall–Kier alpha value is -3.48. The van der Waals surface area contributed by atoms with E-state index in [1.54, 1.807) is 6.21 Å². The number of aromatic amines is 1. The second-order valence-corrected chi connectivity index (χ2v) is 7.65. The summed E-state index contributed by atoms with van der Waals surface area (Å²) < 4.78 is 5.99. The SMILES string of the molecule is CCc1ccc2[nH]c3nc(N/N=C\c4ccc(OC5CCCC5)cc4)nnc3c2c1. The van der Waals surface area contributed by atoms with Crippen LogP contribution >= 0.6 is 0 Å². The van der Waals surface area contributed by atoms with Crippen LogP contribution in [0, 0.1) is 0 Å². The molecule has 0 atom stereocenters. The molecule has 1 aliphatic rings. The molecule has 2 heterocycles. The highest BCUT2D eigenvalue weighted by atomic mass is 16.5. The maximum atomic E-state index is 5.99. The summed E-state index contributed by atoms with van der Waals surface area (Å²) >= 11 is 0. The van der Waals surface area contributed by atoms with Crippen molar-refractivity contribution in [1.29, 1.82) is 0 Å². The lowest BCUT2D eigenvalue weighted by atomic mass is 10.1. The summed E-state index contributed by atoms with van der Waals surface area (Å²) in [7, 11) is 0. The number of ether oxygens (including phenoxy) is 1. The van der Waals surface area contributed by atoms with Gasteiger partial charge >= 0.3 is 0 Å². The van der Waals surface area contributed by atoms with Crippen molar-refractivity contribution < 1.29 is 4.74 Å². The molecular formula is C23H24N6O. The van der Waals surface area contributed by atoms with Gasteiger partial charge in [0.1, 0.15) is 11.3 Å². The third-order valence-electron chi connectivity index (χ3n) is 5.55. The summed E-state index contributed by atoms with van der Waals surface area (Å²) in [6, 6.07) is 14.2. The lowest BCUT2D eigenvalue weighted by Gasteiger charge is -2.12. The Balaban J connectivity index is 1.27. The average molecular weight is 400 g/mol. The number of hydrogen-bond acceptors (Lipinski definition) is 6. The van der Waals surface area contributed by atoms with Crippen molar-refractivity contribution in [2.75, 3.05) is 5.43 Å². The Morgan fingerprint density at radius 1 is 1.13 bits per heavy atom. The maximum absolute atomic E-state index is 5.99. The van der Waals surface area contributed by atoms with E-state index >= 15 is 0 Å². The first-order chi connectivity index (χ1) is 14.8. The van der Waals surface area contributed by atoms with Crippen molar-refractivity contribution in [3.63, 3.8) is 0 Å². The minimum absolute atomic E-state index is 0.349. The van der Waals surface area contributed by atoms with E-state index in [9.17, 15) is 0 Å². The topological polar surface area (TPSA) is 88.1 Å². The monoisotopic (exact) mass is 400 g/mol. The molecule has 0 radical (unpaired) electrons.